The molecule has 1 aliphatic heterocycles. The van der Waals surface area contributed by atoms with Crippen LogP contribution in [0.15, 0.2) is 202 Å². The average Bonchev–Trinajstić information content (AvgIpc) is 4.11. The number of aromatic nitrogens is 1. The van der Waals surface area contributed by atoms with Gasteiger partial charge in [0.1, 0.15) is 5.58 Å². The summed E-state index contributed by atoms with van der Waals surface area (Å²) in [5.41, 5.74) is 10.0. The van der Waals surface area contributed by atoms with Crippen LogP contribution in [0.25, 0.3) is 106 Å². The van der Waals surface area contributed by atoms with Crippen molar-refractivity contribution in [1.29, 1.82) is 0 Å². The van der Waals surface area contributed by atoms with E-state index in [1.165, 1.54) is 61.9 Å². The highest BCUT2D eigenvalue weighted by Gasteiger charge is 2.26. The van der Waals surface area contributed by atoms with Crippen LogP contribution in [-0.4, -0.2) is 16.1 Å². The highest BCUT2D eigenvalue weighted by molar-refractivity contribution is 7.26. The maximum atomic E-state index is 7.08. The van der Waals surface area contributed by atoms with Crippen LogP contribution in [0.5, 0.6) is 0 Å². The number of allylic oxidation sites excluding steroid dienone is 1. The molecule has 306 valence electrons. The first-order valence-electron chi connectivity index (χ1n) is 22.2. The molecular weight excluding hydrogens is 831 g/mol. The minimum absolute atomic E-state index is 0.0847. The number of aliphatic imine (C=N–C) groups is 2. The van der Waals surface area contributed by atoms with Crippen molar-refractivity contribution < 1.29 is 4.42 Å². The van der Waals surface area contributed by atoms with Crippen molar-refractivity contribution in [2.45, 2.75) is 13.3 Å². The van der Waals surface area contributed by atoms with E-state index >= 15 is 0 Å². The summed E-state index contributed by atoms with van der Waals surface area (Å²) >= 11 is 3.68. The van der Waals surface area contributed by atoms with Crippen LogP contribution in [-0.2, 0) is 0 Å². The van der Waals surface area contributed by atoms with Gasteiger partial charge >= 0.3 is 0 Å². The molecule has 1 aliphatic rings. The van der Waals surface area contributed by atoms with Gasteiger partial charge in [-0.2, -0.15) is 0 Å². The molecule has 4 aromatic heterocycles. The molecule has 0 fully saturated rings. The van der Waals surface area contributed by atoms with Crippen molar-refractivity contribution in [1.82, 2.24) is 4.57 Å². The first-order chi connectivity index (χ1) is 32.1. The van der Waals surface area contributed by atoms with Gasteiger partial charge in [-0.25, -0.2) is 9.98 Å². The van der Waals surface area contributed by atoms with E-state index in [9.17, 15) is 0 Å². The van der Waals surface area contributed by atoms with Gasteiger partial charge in [-0.15, -0.1) is 22.7 Å². The van der Waals surface area contributed by atoms with Crippen molar-refractivity contribution in [2.24, 2.45) is 15.9 Å². The number of thiophene rings is 2. The number of hydrogen-bond acceptors (Lipinski definition) is 5. The standard InChI is InChI=1S/C59H37N3OS2/c1-34-28-30-45(38-20-12-26-52-54(38)40-18-6-10-24-50(40)64-52)60-59(61-57(34)42-21-13-27-53-55(42)41-19-7-11-25-51(41)65-53)43-29-31-47(58-56(43)39-17-5-9-23-49(39)63-58)62-46-22-8-4-16-37(46)44-32-35-14-2-3-15-36(35)33-48(44)62/h2-27,29-34H,28H2,1H3/b45-30+,60-59?,61-57?. The zero-order valence-corrected chi connectivity index (χ0v) is 36.9. The fourth-order valence-corrected chi connectivity index (χ4v) is 12.8. The molecule has 13 aromatic rings. The van der Waals surface area contributed by atoms with E-state index in [4.69, 9.17) is 14.4 Å². The molecule has 0 saturated carbocycles. The number of rotatable bonds is 4. The third-order valence-corrected chi connectivity index (χ3v) is 15.7. The molecule has 1 atom stereocenters. The lowest BCUT2D eigenvalue weighted by Crippen LogP contribution is -2.17. The van der Waals surface area contributed by atoms with Crippen LogP contribution in [0.4, 0.5) is 0 Å². The minimum atomic E-state index is 0.0847. The van der Waals surface area contributed by atoms with Gasteiger partial charge < -0.3 is 8.98 Å². The molecule has 65 heavy (non-hydrogen) atoms. The Bertz CT molecular complexity index is 4250. The van der Waals surface area contributed by atoms with Crippen LogP contribution in [0.2, 0.25) is 0 Å². The summed E-state index contributed by atoms with van der Waals surface area (Å²) in [7, 11) is 0. The van der Waals surface area contributed by atoms with E-state index in [0.717, 1.165) is 73.2 Å². The number of para-hydroxylation sites is 2. The normalized spacial score (nSPS) is 15.7. The second kappa shape index (κ2) is 14.2. The summed E-state index contributed by atoms with van der Waals surface area (Å²) in [6.45, 7) is 2.32. The molecular formula is C59H37N3OS2. The van der Waals surface area contributed by atoms with Gasteiger partial charge in [0.05, 0.1) is 28.1 Å². The highest BCUT2D eigenvalue weighted by Crippen LogP contribution is 2.44. The van der Waals surface area contributed by atoms with E-state index in [-0.39, 0.29) is 5.92 Å². The van der Waals surface area contributed by atoms with Gasteiger partial charge in [0.25, 0.3) is 0 Å². The monoisotopic (exact) mass is 867 g/mol. The van der Waals surface area contributed by atoms with E-state index in [2.05, 4.69) is 200 Å². The number of hydrogen-bond donors (Lipinski definition) is 0. The van der Waals surface area contributed by atoms with Crippen molar-refractivity contribution in [3.8, 4) is 5.69 Å². The Morgan fingerprint density at radius 2 is 1.11 bits per heavy atom. The lowest BCUT2D eigenvalue weighted by Gasteiger charge is -2.20. The molecule has 5 heterocycles. The fraction of sp³-hybridized carbons (Fsp3) is 0.0508. The molecule has 0 aliphatic carbocycles. The topological polar surface area (TPSA) is 42.8 Å². The minimum Gasteiger partial charge on any atom is -0.454 e. The Hall–Kier alpha value is -7.64. The third-order valence-electron chi connectivity index (χ3n) is 13.5. The number of nitrogens with zero attached hydrogens (tertiary/aromatic N) is 3. The zero-order valence-electron chi connectivity index (χ0n) is 35.2. The quantitative estimate of drug-likeness (QED) is 0.174. The molecule has 1 unspecified atom stereocenters. The summed E-state index contributed by atoms with van der Waals surface area (Å²) in [6.07, 6.45) is 3.14. The number of fused-ring (bicyclic) bond motifs is 13. The molecule has 0 amide bonds. The maximum absolute atomic E-state index is 7.08. The summed E-state index contributed by atoms with van der Waals surface area (Å²) < 4.78 is 14.5. The molecule has 0 spiro atoms. The molecule has 4 nitrogen and oxygen atoms in total. The average molecular weight is 868 g/mol. The van der Waals surface area contributed by atoms with Crippen LogP contribution in [0, 0.1) is 5.92 Å². The summed E-state index contributed by atoms with van der Waals surface area (Å²) in [4.78, 5) is 11.6. The van der Waals surface area contributed by atoms with Crippen LogP contribution >= 0.6 is 22.7 Å². The van der Waals surface area contributed by atoms with Gasteiger partial charge in [0.2, 0.25) is 0 Å². The second-order valence-corrected chi connectivity index (χ2v) is 19.4. The molecule has 0 radical (unpaired) electrons. The van der Waals surface area contributed by atoms with Crippen molar-refractivity contribution >= 4 is 135 Å². The molecule has 0 saturated heterocycles. The predicted octanol–water partition coefficient (Wildman–Crippen LogP) is 16.9. The Kier molecular flexibility index (Phi) is 8.03. The molecule has 6 heteroatoms. The Labute approximate surface area is 381 Å². The van der Waals surface area contributed by atoms with Gasteiger partial charge in [0.15, 0.2) is 11.4 Å². The number of benzene rings is 9. The summed E-state index contributed by atoms with van der Waals surface area (Å²) in [5, 5.41) is 11.9. The molecule has 0 bridgehead atoms. The Morgan fingerprint density at radius 1 is 0.492 bits per heavy atom. The lowest BCUT2D eigenvalue weighted by atomic mass is 9.90. The van der Waals surface area contributed by atoms with Crippen molar-refractivity contribution in [3.63, 3.8) is 0 Å². The summed E-state index contributed by atoms with van der Waals surface area (Å²) in [6, 6.07) is 65.7. The smallest absolute Gasteiger partial charge is 0.160 e. The van der Waals surface area contributed by atoms with Gasteiger partial charge in [0, 0.05) is 84.5 Å². The van der Waals surface area contributed by atoms with Gasteiger partial charge in [-0.3, -0.25) is 0 Å². The van der Waals surface area contributed by atoms with Crippen LogP contribution in [0.1, 0.15) is 30.0 Å². The number of furan rings is 1. The maximum Gasteiger partial charge on any atom is 0.160 e. The predicted molar refractivity (Wildman–Crippen MR) is 279 cm³/mol. The molecule has 0 N–H and O–H groups in total. The van der Waals surface area contributed by atoms with Gasteiger partial charge in [-0.05, 0) is 77.9 Å². The first kappa shape index (κ1) is 36.8. The SMILES string of the molecule is CC1C/C=C(\c2cccc3sc4ccccc4c23)N=C(c2ccc(-n3c4ccccc4c4cc5ccccc5cc43)c3oc4ccccc4c23)N=C1c1cccc2sc3ccccc3c12. The van der Waals surface area contributed by atoms with Crippen molar-refractivity contribution in [3.05, 3.63) is 205 Å². The van der Waals surface area contributed by atoms with Gasteiger partial charge in [-0.1, -0.05) is 134 Å². The Morgan fingerprint density at radius 3 is 1.88 bits per heavy atom. The van der Waals surface area contributed by atoms with Crippen LogP contribution < -0.4 is 0 Å². The van der Waals surface area contributed by atoms with Crippen LogP contribution in [0.3, 0.4) is 0 Å². The Balaban J connectivity index is 1.08. The van der Waals surface area contributed by atoms with E-state index in [1.54, 1.807) is 0 Å². The van der Waals surface area contributed by atoms with E-state index in [0.29, 0.717) is 5.84 Å². The first-order valence-corrected chi connectivity index (χ1v) is 23.8. The largest absolute Gasteiger partial charge is 0.454 e. The van der Waals surface area contributed by atoms with Crippen molar-refractivity contribution in [2.75, 3.05) is 0 Å². The fourth-order valence-electron chi connectivity index (χ4n) is 10.5. The van der Waals surface area contributed by atoms with E-state index in [1.807, 2.05) is 22.7 Å². The van der Waals surface area contributed by atoms with E-state index < -0.39 is 0 Å². The third kappa shape index (κ3) is 5.54. The highest BCUT2D eigenvalue weighted by atomic mass is 32.1. The summed E-state index contributed by atoms with van der Waals surface area (Å²) in [5.74, 6) is 0.753. The zero-order chi connectivity index (χ0) is 42.8. The second-order valence-electron chi connectivity index (χ2n) is 17.2. The number of amidine groups is 1. The molecule has 9 aromatic carbocycles. The lowest BCUT2D eigenvalue weighted by molar-refractivity contribution is 0.666. The molecule has 14 rings (SSSR count).